The number of carbonyl (C=O) groups excluding carboxylic acids is 2. The van der Waals surface area contributed by atoms with Crippen LogP contribution in [0, 0.1) is 6.92 Å². The molecule has 4 aromatic rings. The van der Waals surface area contributed by atoms with Crippen LogP contribution in [-0.4, -0.2) is 29.9 Å². The summed E-state index contributed by atoms with van der Waals surface area (Å²) in [4.78, 5) is 30.9. The molecule has 3 heterocycles. The number of fused-ring (bicyclic) bond motifs is 3. The summed E-state index contributed by atoms with van der Waals surface area (Å²) >= 11 is 9.48. The molecule has 1 aliphatic rings. The van der Waals surface area contributed by atoms with Gasteiger partial charge in [-0.2, -0.15) is 0 Å². The van der Waals surface area contributed by atoms with Crippen molar-refractivity contribution in [3.05, 3.63) is 45.7 Å². The van der Waals surface area contributed by atoms with E-state index in [4.69, 9.17) is 16.3 Å². The van der Waals surface area contributed by atoms with Crippen molar-refractivity contribution in [2.75, 3.05) is 23.4 Å². The molecule has 0 spiro atoms. The number of hydrogen-bond acceptors (Lipinski definition) is 6. The van der Waals surface area contributed by atoms with E-state index in [1.165, 1.54) is 0 Å². The van der Waals surface area contributed by atoms with E-state index in [0.717, 1.165) is 37.4 Å². The second kappa shape index (κ2) is 8.11. The predicted molar refractivity (Wildman–Crippen MR) is 127 cm³/mol. The van der Waals surface area contributed by atoms with Gasteiger partial charge >= 0.3 is 0 Å². The first-order valence-corrected chi connectivity index (χ1v) is 11.9. The number of nitrogens with one attached hydrogen (secondary N) is 1. The number of benzene rings is 2. The van der Waals surface area contributed by atoms with Crippen molar-refractivity contribution in [1.82, 2.24) is 4.98 Å². The number of hydrogen-bond donors (Lipinski definition) is 1. The molecule has 6 nitrogen and oxygen atoms in total. The van der Waals surface area contributed by atoms with Crippen LogP contribution < -0.4 is 15.0 Å². The fourth-order valence-corrected chi connectivity index (χ4v) is 5.73. The Labute approximate surface area is 191 Å². The van der Waals surface area contributed by atoms with E-state index in [0.29, 0.717) is 29.4 Å². The molecule has 1 saturated heterocycles. The van der Waals surface area contributed by atoms with Crippen LogP contribution in [0.1, 0.15) is 17.8 Å². The van der Waals surface area contributed by atoms with Gasteiger partial charge in [0.1, 0.15) is 5.75 Å². The van der Waals surface area contributed by atoms with Gasteiger partial charge in [0.2, 0.25) is 5.91 Å². The molecule has 1 fully saturated rings. The minimum atomic E-state index is -0.323. The molecule has 0 radical (unpaired) electrons. The lowest BCUT2D eigenvalue weighted by molar-refractivity contribution is -0.118. The standard InChI is InChI=1S/C22H18ClN3O3S2/c1-12-24-21-18(31-12)10-17(14-6-8-30-22(14)21)29-11-19(27)25-16-9-13(4-5-15(16)23)26-7-2-3-20(26)28/h4-6,8-10H,2-3,7,11H2,1H3,(H,25,27). The summed E-state index contributed by atoms with van der Waals surface area (Å²) < 4.78 is 7.98. The van der Waals surface area contributed by atoms with Crippen LogP contribution in [0.3, 0.4) is 0 Å². The molecule has 0 bridgehead atoms. The fourth-order valence-electron chi connectivity index (χ4n) is 3.73. The van der Waals surface area contributed by atoms with Crippen LogP contribution in [0.5, 0.6) is 5.75 Å². The largest absolute Gasteiger partial charge is 0.483 e. The number of aromatic nitrogens is 1. The van der Waals surface area contributed by atoms with E-state index >= 15 is 0 Å². The summed E-state index contributed by atoms with van der Waals surface area (Å²) in [5.74, 6) is 0.414. The van der Waals surface area contributed by atoms with Gasteiger partial charge in [0.25, 0.3) is 5.91 Å². The van der Waals surface area contributed by atoms with Gasteiger partial charge in [0.05, 0.1) is 30.6 Å². The second-order valence-electron chi connectivity index (χ2n) is 7.27. The molecular formula is C22H18ClN3O3S2. The van der Waals surface area contributed by atoms with Crippen LogP contribution in [0.2, 0.25) is 5.02 Å². The Balaban J connectivity index is 1.33. The molecule has 31 heavy (non-hydrogen) atoms. The minimum absolute atomic E-state index is 0.0800. The number of nitrogens with zero attached hydrogens (tertiary/aromatic N) is 2. The molecule has 2 aromatic heterocycles. The molecule has 2 amide bonds. The van der Waals surface area contributed by atoms with Crippen LogP contribution in [0.15, 0.2) is 35.7 Å². The summed E-state index contributed by atoms with van der Waals surface area (Å²) in [5, 5.41) is 7.14. The number of halogens is 1. The Morgan fingerprint density at radius 2 is 2.19 bits per heavy atom. The lowest BCUT2D eigenvalue weighted by Crippen LogP contribution is -2.24. The molecule has 0 unspecified atom stereocenters. The lowest BCUT2D eigenvalue weighted by atomic mass is 10.2. The van der Waals surface area contributed by atoms with Crippen LogP contribution in [-0.2, 0) is 9.59 Å². The summed E-state index contributed by atoms with van der Waals surface area (Å²) in [6.45, 7) is 2.50. The third kappa shape index (κ3) is 3.86. The van der Waals surface area contributed by atoms with Gasteiger partial charge in [0.15, 0.2) is 6.61 Å². The predicted octanol–water partition coefficient (Wildman–Crippen LogP) is 5.62. The van der Waals surface area contributed by atoms with Crippen molar-refractivity contribution in [2.45, 2.75) is 19.8 Å². The number of anilines is 2. The number of aryl methyl sites for hydroxylation is 1. The summed E-state index contributed by atoms with van der Waals surface area (Å²) in [6, 6.07) is 9.13. The first-order valence-electron chi connectivity index (χ1n) is 9.79. The summed E-state index contributed by atoms with van der Waals surface area (Å²) in [7, 11) is 0. The van der Waals surface area contributed by atoms with Crippen molar-refractivity contribution in [1.29, 1.82) is 0 Å². The zero-order chi connectivity index (χ0) is 21.5. The number of thiophene rings is 1. The van der Waals surface area contributed by atoms with E-state index < -0.39 is 0 Å². The van der Waals surface area contributed by atoms with E-state index in [-0.39, 0.29) is 18.4 Å². The lowest BCUT2D eigenvalue weighted by Gasteiger charge is -2.17. The highest BCUT2D eigenvalue weighted by Crippen LogP contribution is 2.39. The second-order valence-corrected chi connectivity index (χ2v) is 9.83. The Bertz CT molecular complexity index is 1330. The number of amides is 2. The maximum absolute atomic E-state index is 12.6. The monoisotopic (exact) mass is 471 g/mol. The molecule has 2 aromatic carbocycles. The topological polar surface area (TPSA) is 71.5 Å². The van der Waals surface area contributed by atoms with Gasteiger partial charge < -0.3 is 15.0 Å². The molecule has 9 heteroatoms. The van der Waals surface area contributed by atoms with Crippen molar-refractivity contribution < 1.29 is 14.3 Å². The average molecular weight is 472 g/mol. The van der Waals surface area contributed by atoms with E-state index in [1.807, 2.05) is 24.4 Å². The van der Waals surface area contributed by atoms with Gasteiger partial charge in [-0.1, -0.05) is 11.6 Å². The van der Waals surface area contributed by atoms with Gasteiger partial charge in [-0.3, -0.25) is 9.59 Å². The molecule has 5 rings (SSSR count). The number of rotatable bonds is 5. The SMILES string of the molecule is Cc1nc2c(cc(OCC(=O)Nc3cc(N4CCCC4=O)ccc3Cl)c3ccsc32)s1. The molecule has 0 aliphatic carbocycles. The highest BCUT2D eigenvalue weighted by atomic mass is 35.5. The van der Waals surface area contributed by atoms with Crippen molar-refractivity contribution in [2.24, 2.45) is 0 Å². The Morgan fingerprint density at radius 1 is 1.32 bits per heavy atom. The molecule has 0 saturated carbocycles. The molecule has 0 atom stereocenters. The zero-order valence-corrected chi connectivity index (χ0v) is 19.0. The first-order chi connectivity index (χ1) is 15.0. The highest BCUT2D eigenvalue weighted by molar-refractivity contribution is 7.21. The zero-order valence-electron chi connectivity index (χ0n) is 16.6. The van der Waals surface area contributed by atoms with E-state index in [1.54, 1.807) is 45.8 Å². The molecule has 1 aliphatic heterocycles. The van der Waals surface area contributed by atoms with Crippen LogP contribution in [0.4, 0.5) is 11.4 Å². The molecular weight excluding hydrogens is 454 g/mol. The molecule has 1 N–H and O–H groups in total. The van der Waals surface area contributed by atoms with Crippen molar-refractivity contribution in [3.8, 4) is 5.75 Å². The number of thiazole rings is 1. The van der Waals surface area contributed by atoms with Gasteiger partial charge in [-0.25, -0.2) is 4.98 Å². The Morgan fingerprint density at radius 3 is 3.00 bits per heavy atom. The first kappa shape index (κ1) is 20.2. The quantitative estimate of drug-likeness (QED) is 0.410. The van der Waals surface area contributed by atoms with Gasteiger partial charge in [-0.05, 0) is 43.0 Å². The number of ether oxygens (including phenoxy) is 1. The minimum Gasteiger partial charge on any atom is -0.483 e. The van der Waals surface area contributed by atoms with Crippen LogP contribution in [0.25, 0.3) is 20.3 Å². The van der Waals surface area contributed by atoms with E-state index in [9.17, 15) is 9.59 Å². The number of carbonyl (C=O) groups is 2. The van der Waals surface area contributed by atoms with Crippen LogP contribution >= 0.6 is 34.3 Å². The maximum atomic E-state index is 12.6. The fraction of sp³-hybridized carbons (Fsp3) is 0.227. The highest BCUT2D eigenvalue weighted by Gasteiger charge is 2.22. The van der Waals surface area contributed by atoms with Gasteiger partial charge in [0, 0.05) is 30.1 Å². The smallest absolute Gasteiger partial charge is 0.262 e. The Hall–Kier alpha value is -2.68. The third-order valence-corrected chi connectivity index (χ3v) is 7.30. The average Bonchev–Trinajstić information content (AvgIpc) is 3.46. The van der Waals surface area contributed by atoms with E-state index in [2.05, 4.69) is 10.3 Å². The Kier molecular flexibility index (Phi) is 5.29. The maximum Gasteiger partial charge on any atom is 0.262 e. The molecule has 158 valence electrons. The summed E-state index contributed by atoms with van der Waals surface area (Å²) in [6.07, 6.45) is 1.37. The van der Waals surface area contributed by atoms with Gasteiger partial charge in [-0.15, -0.1) is 22.7 Å². The third-order valence-electron chi connectivity index (χ3n) is 5.14. The van der Waals surface area contributed by atoms with Crippen molar-refractivity contribution >= 4 is 77.8 Å². The summed E-state index contributed by atoms with van der Waals surface area (Å²) in [5.41, 5.74) is 2.17. The van der Waals surface area contributed by atoms with Crippen molar-refractivity contribution in [3.63, 3.8) is 0 Å². The normalized spacial score (nSPS) is 14.0.